The van der Waals surface area contributed by atoms with Crippen molar-refractivity contribution in [1.82, 2.24) is 9.47 Å². The molecule has 0 radical (unpaired) electrons. The Morgan fingerprint density at radius 2 is 1.86 bits per heavy atom. The maximum Gasteiger partial charge on any atom is 0.420 e. The predicted octanol–water partition coefficient (Wildman–Crippen LogP) is 2.50. The minimum Gasteiger partial charge on any atom is -0.454 e. The molecule has 3 aromatic rings. The molecule has 0 fully saturated rings. The number of aromatic nitrogens is 1. The van der Waals surface area contributed by atoms with Crippen molar-refractivity contribution in [3.05, 3.63) is 70.5 Å². The molecule has 146 valence electrons. The largest absolute Gasteiger partial charge is 0.454 e. The second-order valence-electron chi connectivity index (χ2n) is 6.33. The number of carbonyl (C=O) groups is 2. The molecule has 0 bridgehead atoms. The van der Waals surface area contributed by atoms with E-state index >= 15 is 0 Å². The molecule has 1 aromatic heterocycles. The summed E-state index contributed by atoms with van der Waals surface area (Å²) in [6.45, 7) is 1.02. The predicted molar refractivity (Wildman–Crippen MR) is 99.0 cm³/mol. The minimum absolute atomic E-state index is 0.0461. The summed E-state index contributed by atoms with van der Waals surface area (Å²) in [6, 6.07) is 11.8. The van der Waals surface area contributed by atoms with Crippen LogP contribution in [0, 0.1) is 5.82 Å². The van der Waals surface area contributed by atoms with E-state index in [9.17, 15) is 18.8 Å². The lowest BCUT2D eigenvalue weighted by Gasteiger charge is -2.18. The molecule has 8 heteroatoms. The highest BCUT2D eigenvalue weighted by Gasteiger charge is 2.24. The van der Waals surface area contributed by atoms with Gasteiger partial charge in [-0.05, 0) is 25.1 Å². The fraction of sp³-hybridized carbons (Fsp3) is 0.250. The zero-order chi connectivity index (χ0) is 20.3. The molecular formula is C20H19FN2O5. The van der Waals surface area contributed by atoms with E-state index in [1.54, 1.807) is 42.5 Å². The van der Waals surface area contributed by atoms with E-state index in [2.05, 4.69) is 0 Å². The van der Waals surface area contributed by atoms with Gasteiger partial charge in [-0.2, -0.15) is 0 Å². The molecule has 7 nitrogen and oxygen atoms in total. The number of hydrogen-bond donors (Lipinski definition) is 0. The first kappa shape index (κ1) is 19.3. The lowest BCUT2D eigenvalue weighted by Crippen LogP contribution is -2.33. The standard InChI is InChI=1S/C20H19FN2O5/c1-13(23-16-9-5-6-10-17(16)28-20(23)26)19(25)27-12-18(24)22(2)11-14-7-3-4-8-15(14)21/h3-10,13H,11-12H2,1-2H3. The van der Waals surface area contributed by atoms with Gasteiger partial charge in [-0.1, -0.05) is 30.3 Å². The van der Waals surface area contributed by atoms with Crippen LogP contribution in [-0.4, -0.2) is 35.0 Å². The van der Waals surface area contributed by atoms with Crippen LogP contribution in [0.25, 0.3) is 11.1 Å². The van der Waals surface area contributed by atoms with Crippen molar-refractivity contribution >= 4 is 23.0 Å². The van der Waals surface area contributed by atoms with Crippen LogP contribution in [0.2, 0.25) is 0 Å². The van der Waals surface area contributed by atoms with Gasteiger partial charge < -0.3 is 14.1 Å². The Hall–Kier alpha value is -3.42. The average Bonchev–Trinajstić information content (AvgIpc) is 3.02. The molecule has 1 amide bonds. The van der Waals surface area contributed by atoms with Crippen molar-refractivity contribution in [2.45, 2.75) is 19.5 Å². The summed E-state index contributed by atoms with van der Waals surface area (Å²) in [5.41, 5.74) is 1.17. The van der Waals surface area contributed by atoms with E-state index in [-0.39, 0.29) is 6.54 Å². The Labute approximate surface area is 159 Å². The first-order chi connectivity index (χ1) is 13.4. The Bertz CT molecular complexity index is 1070. The van der Waals surface area contributed by atoms with Crippen LogP contribution in [0.3, 0.4) is 0 Å². The second kappa shape index (κ2) is 8.08. The Morgan fingerprint density at radius 3 is 2.61 bits per heavy atom. The third kappa shape index (κ3) is 3.95. The second-order valence-corrected chi connectivity index (χ2v) is 6.33. The summed E-state index contributed by atoms with van der Waals surface area (Å²) in [4.78, 5) is 37.8. The number of esters is 1. The smallest absolute Gasteiger partial charge is 0.420 e. The lowest BCUT2D eigenvalue weighted by atomic mass is 10.2. The van der Waals surface area contributed by atoms with Crippen LogP contribution in [-0.2, 0) is 20.9 Å². The Kier molecular flexibility index (Phi) is 5.58. The molecule has 1 heterocycles. The molecule has 3 rings (SSSR count). The van der Waals surface area contributed by atoms with E-state index in [0.717, 1.165) is 0 Å². The molecule has 0 aliphatic rings. The van der Waals surface area contributed by atoms with Crippen LogP contribution < -0.4 is 5.76 Å². The fourth-order valence-electron chi connectivity index (χ4n) is 2.79. The highest BCUT2D eigenvalue weighted by atomic mass is 19.1. The van der Waals surface area contributed by atoms with Crippen LogP contribution in [0.4, 0.5) is 4.39 Å². The number of ether oxygens (including phenoxy) is 1. The van der Waals surface area contributed by atoms with Gasteiger partial charge in [-0.3, -0.25) is 9.36 Å². The quantitative estimate of drug-likeness (QED) is 0.608. The van der Waals surface area contributed by atoms with Gasteiger partial charge >= 0.3 is 11.7 Å². The number of nitrogens with zero attached hydrogens (tertiary/aromatic N) is 2. The molecule has 0 aliphatic carbocycles. The topological polar surface area (TPSA) is 81.8 Å². The summed E-state index contributed by atoms with van der Waals surface area (Å²) >= 11 is 0. The highest BCUT2D eigenvalue weighted by molar-refractivity contribution is 5.83. The number of likely N-dealkylation sites (N-methyl/N-ethyl adjacent to an activating group) is 1. The van der Waals surface area contributed by atoms with Crippen LogP contribution in [0.1, 0.15) is 18.5 Å². The van der Waals surface area contributed by atoms with Gasteiger partial charge in [-0.25, -0.2) is 14.0 Å². The third-order valence-electron chi connectivity index (χ3n) is 4.38. The number of rotatable bonds is 6. The molecule has 0 N–H and O–H groups in total. The normalized spacial score (nSPS) is 12.0. The summed E-state index contributed by atoms with van der Waals surface area (Å²) < 4.78 is 25.0. The zero-order valence-electron chi connectivity index (χ0n) is 15.4. The van der Waals surface area contributed by atoms with Crippen molar-refractivity contribution in [1.29, 1.82) is 0 Å². The van der Waals surface area contributed by atoms with Gasteiger partial charge in [0, 0.05) is 19.2 Å². The monoisotopic (exact) mass is 386 g/mol. The van der Waals surface area contributed by atoms with E-state index in [1.807, 2.05) is 0 Å². The number of hydrogen-bond acceptors (Lipinski definition) is 5. The number of para-hydroxylation sites is 2. The van der Waals surface area contributed by atoms with Crippen LogP contribution in [0.5, 0.6) is 0 Å². The molecule has 1 unspecified atom stereocenters. The molecule has 0 saturated heterocycles. The number of amides is 1. The molecule has 0 aliphatic heterocycles. The summed E-state index contributed by atoms with van der Waals surface area (Å²) in [6.07, 6.45) is 0. The molecule has 0 saturated carbocycles. The highest BCUT2D eigenvalue weighted by Crippen LogP contribution is 2.17. The van der Waals surface area contributed by atoms with Crippen molar-refractivity contribution in [2.24, 2.45) is 0 Å². The summed E-state index contributed by atoms with van der Waals surface area (Å²) in [5.74, 6) is -2.35. The average molecular weight is 386 g/mol. The third-order valence-corrected chi connectivity index (χ3v) is 4.38. The molecular weight excluding hydrogens is 367 g/mol. The number of halogens is 1. The number of oxazole rings is 1. The Morgan fingerprint density at radius 1 is 1.18 bits per heavy atom. The van der Waals surface area contributed by atoms with E-state index in [4.69, 9.17) is 9.15 Å². The van der Waals surface area contributed by atoms with E-state index in [0.29, 0.717) is 16.7 Å². The molecule has 1 atom stereocenters. The summed E-state index contributed by atoms with van der Waals surface area (Å²) in [7, 11) is 1.49. The van der Waals surface area contributed by atoms with Crippen molar-refractivity contribution < 1.29 is 23.1 Å². The van der Waals surface area contributed by atoms with Gasteiger partial charge in [0.1, 0.15) is 11.9 Å². The summed E-state index contributed by atoms with van der Waals surface area (Å²) in [5, 5.41) is 0. The maximum atomic E-state index is 13.7. The van der Waals surface area contributed by atoms with Crippen LogP contribution in [0.15, 0.2) is 57.7 Å². The van der Waals surface area contributed by atoms with Crippen molar-refractivity contribution in [3.63, 3.8) is 0 Å². The Balaban J connectivity index is 1.63. The maximum absolute atomic E-state index is 13.7. The van der Waals surface area contributed by atoms with E-state index < -0.39 is 36.1 Å². The number of benzene rings is 2. The molecule has 28 heavy (non-hydrogen) atoms. The SMILES string of the molecule is CC(C(=O)OCC(=O)N(C)Cc1ccccc1F)n1c(=O)oc2ccccc21. The molecule has 0 spiro atoms. The van der Waals surface area contributed by atoms with Gasteiger partial charge in [0.15, 0.2) is 12.2 Å². The fourth-order valence-corrected chi connectivity index (χ4v) is 2.79. The van der Waals surface area contributed by atoms with E-state index in [1.165, 1.54) is 29.5 Å². The van der Waals surface area contributed by atoms with Crippen LogP contribution >= 0.6 is 0 Å². The van der Waals surface area contributed by atoms with Gasteiger partial charge in [0.05, 0.1) is 5.52 Å². The molecule has 2 aromatic carbocycles. The minimum atomic E-state index is -0.971. The number of carbonyl (C=O) groups excluding carboxylic acids is 2. The van der Waals surface area contributed by atoms with Gasteiger partial charge in [0.2, 0.25) is 0 Å². The van der Waals surface area contributed by atoms with Gasteiger partial charge in [-0.15, -0.1) is 0 Å². The first-order valence-corrected chi connectivity index (χ1v) is 8.62. The zero-order valence-corrected chi connectivity index (χ0v) is 15.4. The number of fused-ring (bicyclic) bond motifs is 1. The first-order valence-electron chi connectivity index (χ1n) is 8.62. The lowest BCUT2D eigenvalue weighted by molar-refractivity contribution is -0.154. The van der Waals surface area contributed by atoms with Crippen molar-refractivity contribution in [3.8, 4) is 0 Å². The van der Waals surface area contributed by atoms with Gasteiger partial charge in [0.25, 0.3) is 5.91 Å². The van der Waals surface area contributed by atoms with Crippen molar-refractivity contribution in [2.75, 3.05) is 13.7 Å².